The third-order valence-electron chi connectivity index (χ3n) is 5.61. The van der Waals surface area contributed by atoms with E-state index >= 15 is 0 Å². The number of benzene rings is 1. The predicted octanol–water partition coefficient (Wildman–Crippen LogP) is -1.57. The molecule has 0 radical (unpaired) electrons. The standard InChI is InChI=1S/C19H27N7OS/c1-14-3-6-17(15(2)11-14)26-19(28)25(21-22-26)13-24-9-7-23(8-10-24)12-18(27)20-16-4-5-16/h3,6,11,16H,4-5,7-10,12-13H2,1-2H3,(H,20,27)/p+2. The highest BCUT2D eigenvalue weighted by molar-refractivity contribution is 7.71. The van der Waals surface area contributed by atoms with E-state index in [1.165, 1.54) is 15.4 Å². The van der Waals surface area contributed by atoms with Gasteiger partial charge in [-0.1, -0.05) is 17.7 Å². The second-order valence-electron chi connectivity index (χ2n) is 8.14. The molecule has 1 amide bonds. The monoisotopic (exact) mass is 403 g/mol. The van der Waals surface area contributed by atoms with Gasteiger partial charge in [-0.2, -0.15) is 9.36 Å². The fourth-order valence-electron chi connectivity index (χ4n) is 3.80. The molecule has 1 aliphatic carbocycles. The summed E-state index contributed by atoms with van der Waals surface area (Å²) >= 11 is 5.62. The van der Waals surface area contributed by atoms with Crippen molar-refractivity contribution in [3.8, 4) is 5.69 Å². The van der Waals surface area contributed by atoms with Crippen molar-refractivity contribution in [3.63, 3.8) is 0 Å². The number of nitrogens with one attached hydrogen (secondary N) is 3. The summed E-state index contributed by atoms with van der Waals surface area (Å²) in [7, 11) is 0. The molecule has 1 aromatic carbocycles. The van der Waals surface area contributed by atoms with Crippen molar-refractivity contribution >= 4 is 18.1 Å². The Balaban J connectivity index is 1.33. The topological polar surface area (TPSA) is 73.6 Å². The number of amides is 1. The molecule has 9 heteroatoms. The Kier molecular flexibility index (Phi) is 5.56. The van der Waals surface area contributed by atoms with Gasteiger partial charge in [-0.05, 0) is 61.0 Å². The summed E-state index contributed by atoms with van der Waals surface area (Å²) in [5.74, 6) is 0.194. The molecule has 0 unspecified atom stereocenters. The number of aryl methyl sites for hydroxylation is 2. The first kappa shape index (κ1) is 19.2. The van der Waals surface area contributed by atoms with Crippen molar-refractivity contribution < 1.29 is 14.6 Å². The van der Waals surface area contributed by atoms with E-state index in [0.29, 0.717) is 24.0 Å². The van der Waals surface area contributed by atoms with E-state index in [1.54, 1.807) is 4.68 Å². The Labute approximate surface area is 170 Å². The fourth-order valence-corrected chi connectivity index (χ4v) is 4.04. The quantitative estimate of drug-likeness (QED) is 0.510. The Morgan fingerprint density at radius 1 is 1.18 bits per heavy atom. The van der Waals surface area contributed by atoms with E-state index < -0.39 is 0 Å². The first-order chi connectivity index (χ1) is 13.5. The van der Waals surface area contributed by atoms with Gasteiger partial charge in [-0.3, -0.25) is 4.79 Å². The molecule has 1 saturated heterocycles. The van der Waals surface area contributed by atoms with E-state index in [4.69, 9.17) is 12.2 Å². The largest absolute Gasteiger partial charge is 0.348 e. The van der Waals surface area contributed by atoms with Gasteiger partial charge in [-0.15, -0.1) is 0 Å². The van der Waals surface area contributed by atoms with E-state index in [-0.39, 0.29) is 5.91 Å². The first-order valence-electron chi connectivity index (χ1n) is 10.1. The van der Waals surface area contributed by atoms with Gasteiger partial charge in [0.15, 0.2) is 13.2 Å². The molecular weight excluding hydrogens is 374 g/mol. The minimum Gasteiger partial charge on any atom is -0.348 e. The molecule has 4 rings (SSSR count). The Morgan fingerprint density at radius 2 is 1.89 bits per heavy atom. The van der Waals surface area contributed by atoms with Gasteiger partial charge in [0.2, 0.25) is 4.77 Å². The number of quaternary nitrogens is 2. The molecule has 1 aromatic heterocycles. The van der Waals surface area contributed by atoms with Crippen molar-refractivity contribution in [2.24, 2.45) is 0 Å². The van der Waals surface area contributed by atoms with Crippen LogP contribution < -0.4 is 15.1 Å². The van der Waals surface area contributed by atoms with Crippen LogP contribution in [0.4, 0.5) is 0 Å². The minimum atomic E-state index is 0.194. The molecule has 28 heavy (non-hydrogen) atoms. The number of carbonyl (C=O) groups excluding carboxylic acids is 1. The maximum absolute atomic E-state index is 12.0. The number of carbonyl (C=O) groups is 1. The molecule has 8 nitrogen and oxygen atoms in total. The lowest BCUT2D eigenvalue weighted by atomic mass is 10.1. The van der Waals surface area contributed by atoms with E-state index in [0.717, 1.165) is 50.3 Å². The molecule has 2 aromatic rings. The van der Waals surface area contributed by atoms with Crippen molar-refractivity contribution in [3.05, 3.63) is 34.1 Å². The van der Waals surface area contributed by atoms with Crippen LogP contribution in [0.25, 0.3) is 5.69 Å². The lowest BCUT2D eigenvalue weighted by Crippen LogP contribution is -3.28. The van der Waals surface area contributed by atoms with Gasteiger partial charge in [0.25, 0.3) is 5.91 Å². The summed E-state index contributed by atoms with van der Waals surface area (Å²) in [4.78, 5) is 14.8. The van der Waals surface area contributed by atoms with Gasteiger partial charge in [0.05, 0.1) is 5.69 Å². The van der Waals surface area contributed by atoms with E-state index in [2.05, 4.69) is 41.7 Å². The van der Waals surface area contributed by atoms with Crippen molar-refractivity contribution in [2.75, 3.05) is 32.7 Å². The van der Waals surface area contributed by atoms with Crippen LogP contribution in [0.2, 0.25) is 0 Å². The molecule has 1 aliphatic heterocycles. The van der Waals surface area contributed by atoms with Crippen LogP contribution in [0.15, 0.2) is 18.2 Å². The Bertz CT molecular complexity index is 909. The SMILES string of the molecule is Cc1ccc(-n2nnn(C[NH+]3CC[NH+](CC(=O)NC4CC4)CC3)c2=S)c(C)c1. The zero-order chi connectivity index (χ0) is 19.7. The van der Waals surface area contributed by atoms with Crippen molar-refractivity contribution in [1.29, 1.82) is 0 Å². The normalized spacial score (nSPS) is 22.2. The van der Waals surface area contributed by atoms with Crippen molar-refractivity contribution in [2.45, 2.75) is 39.4 Å². The second kappa shape index (κ2) is 8.10. The van der Waals surface area contributed by atoms with Gasteiger partial charge < -0.3 is 15.1 Å². The highest BCUT2D eigenvalue weighted by atomic mass is 32.1. The number of piperazine rings is 1. The predicted molar refractivity (Wildman–Crippen MR) is 107 cm³/mol. The fraction of sp³-hybridized carbons (Fsp3) is 0.579. The molecule has 2 aliphatic rings. The molecule has 2 fully saturated rings. The molecule has 2 heterocycles. The highest BCUT2D eigenvalue weighted by Crippen LogP contribution is 2.18. The second-order valence-corrected chi connectivity index (χ2v) is 8.50. The number of tetrazole rings is 1. The van der Waals surface area contributed by atoms with E-state index in [9.17, 15) is 4.79 Å². The van der Waals surface area contributed by atoms with Crippen LogP contribution in [0.3, 0.4) is 0 Å². The minimum absolute atomic E-state index is 0.194. The Morgan fingerprint density at radius 3 is 2.57 bits per heavy atom. The number of aromatic nitrogens is 4. The summed E-state index contributed by atoms with van der Waals surface area (Å²) in [5, 5.41) is 11.7. The van der Waals surface area contributed by atoms with Gasteiger partial charge in [0, 0.05) is 6.04 Å². The van der Waals surface area contributed by atoms with Crippen LogP contribution >= 0.6 is 12.2 Å². The number of nitrogens with zero attached hydrogens (tertiary/aromatic N) is 4. The Hall–Kier alpha value is -2.10. The molecule has 0 bridgehead atoms. The van der Waals surface area contributed by atoms with Crippen LogP contribution in [-0.4, -0.2) is 64.5 Å². The highest BCUT2D eigenvalue weighted by Gasteiger charge is 2.28. The molecule has 0 atom stereocenters. The summed E-state index contributed by atoms with van der Waals surface area (Å²) in [5.41, 5.74) is 3.33. The van der Waals surface area contributed by atoms with E-state index in [1.807, 2.05) is 10.7 Å². The zero-order valence-corrected chi connectivity index (χ0v) is 17.4. The average Bonchev–Trinajstić information content (AvgIpc) is 3.40. The average molecular weight is 404 g/mol. The lowest BCUT2D eigenvalue weighted by molar-refractivity contribution is -1.02. The molecule has 150 valence electrons. The summed E-state index contributed by atoms with van der Waals surface area (Å²) in [6.45, 7) is 9.44. The third kappa shape index (κ3) is 4.48. The number of hydrogen-bond donors (Lipinski definition) is 3. The van der Waals surface area contributed by atoms with Gasteiger partial charge in [0.1, 0.15) is 26.2 Å². The maximum Gasteiger partial charge on any atom is 0.275 e. The number of rotatable bonds is 6. The molecular formula is C19H29N7OS+2. The summed E-state index contributed by atoms with van der Waals surface area (Å²) in [6.07, 6.45) is 2.28. The molecule has 1 saturated carbocycles. The van der Waals surface area contributed by atoms with Crippen LogP contribution in [0.1, 0.15) is 24.0 Å². The van der Waals surface area contributed by atoms with Crippen LogP contribution in [-0.2, 0) is 11.5 Å². The van der Waals surface area contributed by atoms with Gasteiger partial charge in [-0.25, -0.2) is 0 Å². The lowest BCUT2D eigenvalue weighted by Gasteiger charge is -2.28. The maximum atomic E-state index is 12.0. The molecule has 0 spiro atoms. The van der Waals surface area contributed by atoms with Crippen LogP contribution in [0, 0.1) is 18.6 Å². The van der Waals surface area contributed by atoms with Gasteiger partial charge >= 0.3 is 0 Å². The first-order valence-corrected chi connectivity index (χ1v) is 10.5. The summed E-state index contributed by atoms with van der Waals surface area (Å²) in [6, 6.07) is 6.68. The summed E-state index contributed by atoms with van der Waals surface area (Å²) < 4.78 is 4.18. The molecule has 3 N–H and O–H groups in total. The zero-order valence-electron chi connectivity index (χ0n) is 16.6. The third-order valence-corrected chi connectivity index (χ3v) is 5.99. The van der Waals surface area contributed by atoms with Crippen molar-refractivity contribution in [1.82, 2.24) is 25.1 Å². The smallest absolute Gasteiger partial charge is 0.275 e. The van der Waals surface area contributed by atoms with Crippen LogP contribution in [0.5, 0.6) is 0 Å². The number of hydrogen-bond acceptors (Lipinski definition) is 4.